The van der Waals surface area contributed by atoms with Crippen molar-refractivity contribution in [1.29, 1.82) is 0 Å². The van der Waals surface area contributed by atoms with Crippen molar-refractivity contribution in [2.45, 2.75) is 0 Å². The summed E-state index contributed by atoms with van der Waals surface area (Å²) >= 11 is 0. The van der Waals surface area contributed by atoms with E-state index in [2.05, 4.69) is 69.5 Å². The van der Waals surface area contributed by atoms with Crippen LogP contribution in [0, 0.1) is 0 Å². The first-order valence-electron chi connectivity index (χ1n) is 7.12. The Labute approximate surface area is 128 Å². The van der Waals surface area contributed by atoms with E-state index in [0.717, 1.165) is 5.56 Å². The molecule has 0 saturated carbocycles. The van der Waals surface area contributed by atoms with E-state index in [4.69, 9.17) is 0 Å². The molecule has 0 aliphatic rings. The average molecular weight is 283 g/mol. The topological polar surface area (TPSA) is 38.7 Å². The minimum atomic E-state index is 0.698. The van der Waals surface area contributed by atoms with Crippen LogP contribution in [0.25, 0.3) is 33.3 Å². The predicted molar refractivity (Wildman–Crippen MR) is 88.2 cm³/mol. The van der Waals surface area contributed by atoms with E-state index < -0.39 is 0 Å². The van der Waals surface area contributed by atoms with Gasteiger partial charge in [0.2, 0.25) is 0 Å². The summed E-state index contributed by atoms with van der Waals surface area (Å²) in [5.41, 5.74) is 3.45. The van der Waals surface area contributed by atoms with Gasteiger partial charge in [-0.05, 0) is 34.0 Å². The molecule has 0 atom stereocenters. The zero-order valence-electron chi connectivity index (χ0n) is 11.8. The van der Waals surface area contributed by atoms with E-state index in [1.165, 1.54) is 34.6 Å². The maximum atomic E-state index is 4.20. The van der Waals surface area contributed by atoms with Gasteiger partial charge in [0.05, 0.1) is 0 Å². The molecule has 104 valence electrons. The van der Waals surface area contributed by atoms with Crippen molar-refractivity contribution in [3.63, 3.8) is 0 Å². The van der Waals surface area contributed by atoms with Crippen LogP contribution in [-0.4, -0.2) is 15.0 Å². The second-order valence-electron chi connectivity index (χ2n) is 5.10. The fourth-order valence-electron chi connectivity index (χ4n) is 2.58. The Balaban J connectivity index is 1.80. The lowest BCUT2D eigenvalue weighted by Crippen LogP contribution is -1.89. The summed E-state index contributed by atoms with van der Waals surface area (Å²) in [6.45, 7) is 0. The molecule has 3 aromatic carbocycles. The van der Waals surface area contributed by atoms with Crippen molar-refractivity contribution >= 4 is 10.8 Å². The number of hydrogen-bond acceptors (Lipinski definition) is 3. The highest BCUT2D eigenvalue weighted by molar-refractivity contribution is 5.90. The summed E-state index contributed by atoms with van der Waals surface area (Å²) in [6, 6.07) is 23.2. The summed E-state index contributed by atoms with van der Waals surface area (Å²) in [5, 5.41) is 2.39. The van der Waals surface area contributed by atoms with Gasteiger partial charge in [-0.1, -0.05) is 54.6 Å². The number of benzene rings is 3. The molecule has 0 fully saturated rings. The molecule has 0 saturated heterocycles. The Kier molecular flexibility index (Phi) is 3.09. The maximum Gasteiger partial charge on any atom is 0.162 e. The summed E-state index contributed by atoms with van der Waals surface area (Å²) in [6.07, 6.45) is 3.04. The lowest BCUT2D eigenvalue weighted by molar-refractivity contribution is 1.06. The Hall–Kier alpha value is -3.07. The van der Waals surface area contributed by atoms with E-state index in [1.54, 1.807) is 0 Å². The molecular formula is C19H13N3. The molecule has 0 bridgehead atoms. The minimum absolute atomic E-state index is 0.698. The standard InChI is InChI=1S/C19H13N3/c1-2-4-14(5-3-1)15-6-7-17-11-18(9-8-16(17)10-15)19-21-12-20-13-22-19/h1-13H. The van der Waals surface area contributed by atoms with Crippen LogP contribution >= 0.6 is 0 Å². The fraction of sp³-hybridized carbons (Fsp3) is 0. The Bertz CT molecular complexity index is 840. The van der Waals surface area contributed by atoms with Gasteiger partial charge < -0.3 is 0 Å². The Morgan fingerprint density at radius 3 is 1.91 bits per heavy atom. The maximum absolute atomic E-state index is 4.20. The van der Waals surface area contributed by atoms with Crippen molar-refractivity contribution in [3.05, 3.63) is 79.4 Å². The van der Waals surface area contributed by atoms with Crippen molar-refractivity contribution in [2.24, 2.45) is 0 Å². The van der Waals surface area contributed by atoms with Gasteiger partial charge in [-0.3, -0.25) is 0 Å². The summed E-state index contributed by atoms with van der Waals surface area (Å²) in [7, 11) is 0. The van der Waals surface area contributed by atoms with Gasteiger partial charge in [0.15, 0.2) is 5.82 Å². The number of nitrogens with zero attached hydrogens (tertiary/aromatic N) is 3. The van der Waals surface area contributed by atoms with E-state index >= 15 is 0 Å². The van der Waals surface area contributed by atoms with E-state index in [1.807, 2.05) is 12.1 Å². The van der Waals surface area contributed by atoms with E-state index in [9.17, 15) is 0 Å². The highest BCUT2D eigenvalue weighted by atomic mass is 15.0. The molecule has 4 rings (SSSR count). The van der Waals surface area contributed by atoms with Crippen molar-refractivity contribution < 1.29 is 0 Å². The number of aromatic nitrogens is 3. The number of rotatable bonds is 2. The van der Waals surface area contributed by atoms with Gasteiger partial charge in [0, 0.05) is 5.56 Å². The smallest absolute Gasteiger partial charge is 0.162 e. The van der Waals surface area contributed by atoms with Crippen LogP contribution in [0.15, 0.2) is 79.4 Å². The quantitative estimate of drug-likeness (QED) is 0.548. The van der Waals surface area contributed by atoms with Crippen molar-refractivity contribution in [1.82, 2.24) is 15.0 Å². The van der Waals surface area contributed by atoms with Gasteiger partial charge in [-0.25, -0.2) is 15.0 Å². The van der Waals surface area contributed by atoms with E-state index in [0.29, 0.717) is 5.82 Å². The van der Waals surface area contributed by atoms with Crippen LogP contribution in [0.5, 0.6) is 0 Å². The van der Waals surface area contributed by atoms with Crippen molar-refractivity contribution in [3.8, 4) is 22.5 Å². The molecule has 1 heterocycles. The van der Waals surface area contributed by atoms with Crippen LogP contribution < -0.4 is 0 Å². The monoisotopic (exact) mass is 283 g/mol. The highest BCUT2D eigenvalue weighted by Crippen LogP contribution is 2.27. The molecule has 4 aromatic rings. The zero-order chi connectivity index (χ0) is 14.8. The molecule has 3 nitrogen and oxygen atoms in total. The zero-order valence-corrected chi connectivity index (χ0v) is 11.8. The first-order valence-corrected chi connectivity index (χ1v) is 7.12. The molecule has 0 amide bonds. The number of hydrogen-bond donors (Lipinski definition) is 0. The van der Waals surface area contributed by atoms with E-state index in [-0.39, 0.29) is 0 Å². The Morgan fingerprint density at radius 1 is 0.545 bits per heavy atom. The lowest BCUT2D eigenvalue weighted by Gasteiger charge is -2.06. The summed E-state index contributed by atoms with van der Waals surface area (Å²) in [5.74, 6) is 0.698. The van der Waals surface area contributed by atoms with Gasteiger partial charge >= 0.3 is 0 Å². The first kappa shape index (κ1) is 12.7. The molecule has 0 aliphatic carbocycles. The fourth-order valence-corrected chi connectivity index (χ4v) is 2.58. The minimum Gasteiger partial charge on any atom is -0.225 e. The van der Waals surface area contributed by atoms with Crippen LogP contribution in [-0.2, 0) is 0 Å². The largest absolute Gasteiger partial charge is 0.225 e. The molecule has 22 heavy (non-hydrogen) atoms. The second kappa shape index (κ2) is 5.37. The Morgan fingerprint density at radius 2 is 1.18 bits per heavy atom. The van der Waals surface area contributed by atoms with Crippen molar-refractivity contribution in [2.75, 3.05) is 0 Å². The molecule has 3 heteroatoms. The third-order valence-electron chi connectivity index (χ3n) is 3.70. The number of fused-ring (bicyclic) bond motifs is 1. The average Bonchev–Trinajstić information content (AvgIpc) is 2.62. The molecule has 0 spiro atoms. The molecule has 0 unspecified atom stereocenters. The molecular weight excluding hydrogens is 270 g/mol. The van der Waals surface area contributed by atoms with Crippen LogP contribution in [0.3, 0.4) is 0 Å². The second-order valence-corrected chi connectivity index (χ2v) is 5.10. The molecule has 1 aromatic heterocycles. The summed E-state index contributed by atoms with van der Waals surface area (Å²) < 4.78 is 0. The first-order chi connectivity index (χ1) is 10.9. The van der Waals surface area contributed by atoms with Crippen LogP contribution in [0.4, 0.5) is 0 Å². The third kappa shape index (κ3) is 2.33. The normalized spacial score (nSPS) is 10.7. The lowest BCUT2D eigenvalue weighted by atomic mass is 10.00. The molecule has 0 N–H and O–H groups in total. The van der Waals surface area contributed by atoms with Crippen LogP contribution in [0.2, 0.25) is 0 Å². The van der Waals surface area contributed by atoms with Crippen LogP contribution in [0.1, 0.15) is 0 Å². The molecule has 0 radical (unpaired) electrons. The van der Waals surface area contributed by atoms with Gasteiger partial charge in [0.25, 0.3) is 0 Å². The third-order valence-corrected chi connectivity index (χ3v) is 3.70. The van der Waals surface area contributed by atoms with Gasteiger partial charge in [-0.2, -0.15) is 0 Å². The predicted octanol–water partition coefficient (Wildman–Crippen LogP) is 4.36. The summed E-state index contributed by atoms with van der Waals surface area (Å²) in [4.78, 5) is 12.3. The SMILES string of the molecule is c1ccc(-c2ccc3cc(-c4ncncn4)ccc3c2)cc1. The van der Waals surface area contributed by atoms with Gasteiger partial charge in [0.1, 0.15) is 12.7 Å². The van der Waals surface area contributed by atoms with Gasteiger partial charge in [-0.15, -0.1) is 0 Å². The molecule has 0 aliphatic heterocycles. The highest BCUT2D eigenvalue weighted by Gasteiger charge is 2.03.